The molecule has 1 N–H and O–H groups in total. The average Bonchev–Trinajstić information content (AvgIpc) is 2.64. The van der Waals surface area contributed by atoms with Crippen LogP contribution in [0.5, 0.6) is 0 Å². The Bertz CT molecular complexity index is 748. The van der Waals surface area contributed by atoms with Gasteiger partial charge in [0.15, 0.2) is 0 Å². The molecule has 0 saturated carbocycles. The van der Waals surface area contributed by atoms with Gasteiger partial charge in [-0.3, -0.25) is 9.69 Å². The van der Waals surface area contributed by atoms with Gasteiger partial charge < -0.3 is 5.32 Å². The summed E-state index contributed by atoms with van der Waals surface area (Å²) in [6.07, 6.45) is 4.44. The molecule has 1 aliphatic rings. The third-order valence-electron chi connectivity index (χ3n) is 5.19. The molecule has 0 unspecified atom stereocenters. The molecule has 138 valence electrons. The fraction of sp³-hybridized carbons (Fsp3) is 0.435. The molecule has 0 aromatic heterocycles. The first-order valence-corrected chi connectivity index (χ1v) is 9.73. The van der Waals surface area contributed by atoms with E-state index in [2.05, 4.69) is 66.5 Å². The van der Waals surface area contributed by atoms with Crippen LogP contribution in [-0.4, -0.2) is 23.9 Å². The molecule has 0 aliphatic carbocycles. The van der Waals surface area contributed by atoms with Crippen molar-refractivity contribution in [3.05, 3.63) is 70.3 Å². The van der Waals surface area contributed by atoms with Crippen LogP contribution in [0.2, 0.25) is 0 Å². The summed E-state index contributed by atoms with van der Waals surface area (Å²) in [7, 11) is 0. The third-order valence-corrected chi connectivity index (χ3v) is 5.19. The summed E-state index contributed by atoms with van der Waals surface area (Å²) >= 11 is 0. The zero-order valence-corrected chi connectivity index (χ0v) is 16.1. The molecule has 0 bridgehead atoms. The molecule has 3 heteroatoms. The summed E-state index contributed by atoms with van der Waals surface area (Å²) in [4.78, 5) is 14.8. The molecule has 3 nitrogen and oxygen atoms in total. The average molecular weight is 351 g/mol. The Balaban J connectivity index is 1.52. The van der Waals surface area contributed by atoms with E-state index in [-0.39, 0.29) is 5.91 Å². The molecule has 1 saturated heterocycles. The quantitative estimate of drug-likeness (QED) is 0.849. The van der Waals surface area contributed by atoms with Crippen LogP contribution in [-0.2, 0) is 24.3 Å². The maximum atomic E-state index is 12.3. The van der Waals surface area contributed by atoms with E-state index in [9.17, 15) is 4.79 Å². The zero-order chi connectivity index (χ0) is 18.4. The van der Waals surface area contributed by atoms with E-state index in [4.69, 9.17) is 0 Å². The topological polar surface area (TPSA) is 32.3 Å². The molecule has 2 aromatic carbocycles. The highest BCUT2D eigenvalue weighted by Gasteiger charge is 2.11. The van der Waals surface area contributed by atoms with Crippen LogP contribution in [0.1, 0.15) is 47.1 Å². The monoisotopic (exact) mass is 350 g/mol. The maximum Gasteiger partial charge on any atom is 0.224 e. The van der Waals surface area contributed by atoms with Crippen molar-refractivity contribution < 1.29 is 4.79 Å². The number of carbonyl (C=O) groups excluding carboxylic acids is 1. The second-order valence-electron chi connectivity index (χ2n) is 7.54. The van der Waals surface area contributed by atoms with Crippen molar-refractivity contribution in [2.24, 2.45) is 0 Å². The van der Waals surface area contributed by atoms with Crippen LogP contribution in [0.15, 0.2) is 42.5 Å². The summed E-state index contributed by atoms with van der Waals surface area (Å²) in [6.45, 7) is 8.17. The molecule has 1 aliphatic heterocycles. The number of amides is 1. The van der Waals surface area contributed by atoms with Crippen molar-refractivity contribution >= 4 is 5.91 Å². The van der Waals surface area contributed by atoms with Crippen LogP contribution in [0.3, 0.4) is 0 Å². The number of rotatable bonds is 6. The van der Waals surface area contributed by atoms with Crippen molar-refractivity contribution in [3.8, 4) is 0 Å². The summed E-state index contributed by atoms with van der Waals surface area (Å²) in [5, 5.41) is 3.07. The lowest BCUT2D eigenvalue weighted by Crippen LogP contribution is -2.29. The number of aryl methyl sites for hydroxylation is 2. The summed E-state index contributed by atoms with van der Waals surface area (Å²) in [5.74, 6) is 0.0818. The molecule has 0 spiro atoms. The number of benzene rings is 2. The lowest BCUT2D eigenvalue weighted by atomic mass is 10.0. The van der Waals surface area contributed by atoms with E-state index in [1.54, 1.807) is 0 Å². The van der Waals surface area contributed by atoms with Crippen molar-refractivity contribution in [2.45, 2.75) is 52.6 Å². The molecule has 2 aromatic rings. The van der Waals surface area contributed by atoms with Crippen LogP contribution >= 0.6 is 0 Å². The number of piperidine rings is 1. The molecule has 3 rings (SSSR count). The van der Waals surface area contributed by atoms with E-state index < -0.39 is 0 Å². The minimum absolute atomic E-state index is 0.0818. The van der Waals surface area contributed by atoms with Crippen LogP contribution in [0.4, 0.5) is 0 Å². The van der Waals surface area contributed by atoms with Gasteiger partial charge in [-0.25, -0.2) is 0 Å². The second kappa shape index (κ2) is 9.00. The Morgan fingerprint density at radius 2 is 1.77 bits per heavy atom. The molecular formula is C23H30N2O. The molecular weight excluding hydrogens is 320 g/mol. The van der Waals surface area contributed by atoms with Crippen molar-refractivity contribution in [2.75, 3.05) is 13.1 Å². The van der Waals surface area contributed by atoms with Crippen molar-refractivity contribution in [1.82, 2.24) is 10.2 Å². The zero-order valence-electron chi connectivity index (χ0n) is 16.1. The highest BCUT2D eigenvalue weighted by molar-refractivity contribution is 5.78. The number of nitrogens with zero attached hydrogens (tertiary/aromatic N) is 1. The summed E-state index contributed by atoms with van der Waals surface area (Å²) < 4.78 is 0. The number of nitrogens with one attached hydrogen (secondary N) is 1. The fourth-order valence-corrected chi connectivity index (χ4v) is 3.69. The van der Waals surface area contributed by atoms with Gasteiger partial charge in [-0.1, -0.05) is 54.4 Å². The van der Waals surface area contributed by atoms with E-state index >= 15 is 0 Å². The van der Waals surface area contributed by atoms with Crippen LogP contribution in [0, 0.1) is 13.8 Å². The highest BCUT2D eigenvalue weighted by Crippen LogP contribution is 2.14. The first-order valence-electron chi connectivity index (χ1n) is 9.73. The fourth-order valence-electron chi connectivity index (χ4n) is 3.69. The summed E-state index contributed by atoms with van der Waals surface area (Å²) in [5.41, 5.74) is 6.04. The van der Waals surface area contributed by atoms with E-state index in [0.717, 1.165) is 12.1 Å². The molecule has 26 heavy (non-hydrogen) atoms. The Labute approximate surface area is 157 Å². The van der Waals surface area contributed by atoms with Crippen LogP contribution in [0.25, 0.3) is 0 Å². The number of hydrogen-bond donors (Lipinski definition) is 1. The van der Waals surface area contributed by atoms with Gasteiger partial charge in [0.25, 0.3) is 0 Å². The Hall–Kier alpha value is -2.13. The SMILES string of the molecule is Cc1ccc(CC(=O)NCc2cccc(CN3CCCCC3)c2)c(C)c1. The minimum atomic E-state index is 0.0818. The molecule has 0 radical (unpaired) electrons. The van der Waals surface area contributed by atoms with Gasteiger partial charge in [0.2, 0.25) is 5.91 Å². The van der Waals surface area contributed by atoms with E-state index in [0.29, 0.717) is 13.0 Å². The standard InChI is InChI=1S/C23H30N2O/c1-18-9-10-22(19(2)13-18)15-23(26)24-16-20-7-6-8-21(14-20)17-25-11-4-3-5-12-25/h6-10,13-14H,3-5,11-12,15-17H2,1-2H3,(H,24,26). The number of hydrogen-bond acceptors (Lipinski definition) is 2. The van der Waals surface area contributed by atoms with Gasteiger partial charge in [0.05, 0.1) is 6.42 Å². The lowest BCUT2D eigenvalue weighted by molar-refractivity contribution is -0.120. The molecule has 0 atom stereocenters. The molecule has 1 amide bonds. The molecule has 1 heterocycles. The Morgan fingerprint density at radius 1 is 1.00 bits per heavy atom. The highest BCUT2D eigenvalue weighted by atomic mass is 16.1. The maximum absolute atomic E-state index is 12.3. The van der Waals surface area contributed by atoms with Crippen molar-refractivity contribution in [1.29, 1.82) is 0 Å². The first kappa shape index (κ1) is 18.7. The summed E-state index contributed by atoms with van der Waals surface area (Å²) in [6, 6.07) is 14.9. The van der Waals surface area contributed by atoms with E-state index in [1.165, 1.54) is 54.6 Å². The van der Waals surface area contributed by atoms with Crippen LogP contribution < -0.4 is 5.32 Å². The van der Waals surface area contributed by atoms with Gasteiger partial charge in [0.1, 0.15) is 0 Å². The minimum Gasteiger partial charge on any atom is -0.352 e. The van der Waals surface area contributed by atoms with Gasteiger partial charge in [-0.15, -0.1) is 0 Å². The normalized spacial score (nSPS) is 15.0. The van der Waals surface area contributed by atoms with Gasteiger partial charge in [-0.2, -0.15) is 0 Å². The Kier molecular flexibility index (Phi) is 6.45. The van der Waals surface area contributed by atoms with E-state index in [1.807, 2.05) is 0 Å². The van der Waals surface area contributed by atoms with Gasteiger partial charge >= 0.3 is 0 Å². The lowest BCUT2D eigenvalue weighted by Gasteiger charge is -2.26. The predicted octanol–water partition coefficient (Wildman–Crippen LogP) is 4.15. The van der Waals surface area contributed by atoms with Gasteiger partial charge in [-0.05, 0) is 62.0 Å². The Morgan fingerprint density at radius 3 is 2.54 bits per heavy atom. The second-order valence-corrected chi connectivity index (χ2v) is 7.54. The number of likely N-dealkylation sites (tertiary alicyclic amines) is 1. The third kappa shape index (κ3) is 5.43. The van der Waals surface area contributed by atoms with Crippen molar-refractivity contribution in [3.63, 3.8) is 0 Å². The smallest absolute Gasteiger partial charge is 0.224 e. The number of carbonyl (C=O) groups is 1. The first-order chi connectivity index (χ1) is 12.6. The molecule has 1 fully saturated rings. The van der Waals surface area contributed by atoms with Gasteiger partial charge in [0, 0.05) is 13.1 Å². The predicted molar refractivity (Wildman–Crippen MR) is 107 cm³/mol. The largest absolute Gasteiger partial charge is 0.352 e.